The first-order valence-electron chi connectivity index (χ1n) is 3.69. The second-order valence-electron chi connectivity index (χ2n) is 3.45. The Hall–Kier alpha value is -0.370. The van der Waals surface area contributed by atoms with E-state index >= 15 is 0 Å². The maximum Gasteiger partial charge on any atom is 0.0846 e. The molecule has 1 heterocycles. The predicted molar refractivity (Wildman–Crippen MR) is 42.6 cm³/mol. The van der Waals surface area contributed by atoms with Crippen molar-refractivity contribution in [3.8, 4) is 0 Å². The van der Waals surface area contributed by atoms with E-state index in [1.54, 1.807) is 0 Å². The third-order valence-electron chi connectivity index (χ3n) is 2.02. The molecule has 0 saturated carbocycles. The van der Waals surface area contributed by atoms with E-state index in [0.29, 0.717) is 6.61 Å². The minimum Gasteiger partial charge on any atom is -0.370 e. The van der Waals surface area contributed by atoms with Gasteiger partial charge in [-0.15, -0.1) is 0 Å². The number of ether oxygens (including phenoxy) is 1. The Morgan fingerprint density at radius 3 is 2.60 bits per heavy atom. The number of nitrogens with zero attached hydrogens (tertiary/aromatic N) is 1. The van der Waals surface area contributed by atoms with Gasteiger partial charge in [-0.05, 0) is 27.7 Å². The fourth-order valence-corrected chi connectivity index (χ4v) is 1.06. The first-order chi connectivity index (χ1) is 4.52. The quantitative estimate of drug-likeness (QED) is 0.502. The van der Waals surface area contributed by atoms with E-state index in [1.807, 2.05) is 6.92 Å². The van der Waals surface area contributed by atoms with Crippen LogP contribution in [0.1, 0.15) is 27.7 Å². The van der Waals surface area contributed by atoms with Crippen LogP contribution in [0.3, 0.4) is 0 Å². The summed E-state index contributed by atoms with van der Waals surface area (Å²) in [5.74, 6) is 0. The Morgan fingerprint density at radius 1 is 1.60 bits per heavy atom. The highest BCUT2D eigenvalue weighted by Gasteiger charge is 2.28. The van der Waals surface area contributed by atoms with Gasteiger partial charge < -0.3 is 4.74 Å². The molecule has 1 aliphatic rings. The second kappa shape index (κ2) is 2.35. The van der Waals surface area contributed by atoms with Crippen molar-refractivity contribution in [1.29, 1.82) is 0 Å². The summed E-state index contributed by atoms with van der Waals surface area (Å²) < 4.78 is 5.47. The van der Waals surface area contributed by atoms with E-state index in [1.165, 1.54) is 0 Å². The van der Waals surface area contributed by atoms with Gasteiger partial charge in [0, 0.05) is 5.71 Å². The molecule has 0 spiro atoms. The molecule has 1 rings (SSSR count). The zero-order chi connectivity index (χ0) is 7.78. The zero-order valence-electron chi connectivity index (χ0n) is 7.14. The van der Waals surface area contributed by atoms with E-state index in [4.69, 9.17) is 4.74 Å². The molecule has 1 aliphatic heterocycles. The highest BCUT2D eigenvalue weighted by Crippen LogP contribution is 2.21. The van der Waals surface area contributed by atoms with Crippen LogP contribution in [0.2, 0.25) is 0 Å². The maximum absolute atomic E-state index is 5.47. The monoisotopic (exact) mass is 141 g/mol. The summed E-state index contributed by atoms with van der Waals surface area (Å²) >= 11 is 0. The van der Waals surface area contributed by atoms with Crippen molar-refractivity contribution >= 4 is 5.71 Å². The van der Waals surface area contributed by atoms with Gasteiger partial charge in [0.1, 0.15) is 0 Å². The number of hydrogen-bond donors (Lipinski definition) is 0. The standard InChI is InChI=1S/C8H15NO/c1-6-5-10-7(2)8(3,4)9-6/h7H,5H2,1-4H3. The molecular weight excluding hydrogens is 126 g/mol. The lowest BCUT2D eigenvalue weighted by Crippen LogP contribution is -2.40. The molecule has 0 aliphatic carbocycles. The van der Waals surface area contributed by atoms with Gasteiger partial charge in [-0.1, -0.05) is 0 Å². The number of hydrogen-bond acceptors (Lipinski definition) is 2. The Balaban J connectivity index is 2.79. The average Bonchev–Trinajstić information content (AvgIpc) is 1.78. The van der Waals surface area contributed by atoms with Crippen LogP contribution in [0, 0.1) is 0 Å². The molecule has 10 heavy (non-hydrogen) atoms. The van der Waals surface area contributed by atoms with Crippen LogP contribution in [0.5, 0.6) is 0 Å². The molecule has 2 nitrogen and oxygen atoms in total. The lowest BCUT2D eigenvalue weighted by molar-refractivity contribution is 0.0351. The van der Waals surface area contributed by atoms with Crippen molar-refractivity contribution in [3.05, 3.63) is 0 Å². The lowest BCUT2D eigenvalue weighted by Gasteiger charge is -2.32. The number of rotatable bonds is 0. The molecule has 0 aromatic carbocycles. The molecule has 0 aromatic rings. The summed E-state index contributed by atoms with van der Waals surface area (Å²) in [6.07, 6.45) is 0.246. The van der Waals surface area contributed by atoms with Crippen molar-refractivity contribution in [2.75, 3.05) is 6.61 Å². The molecule has 0 fully saturated rings. The van der Waals surface area contributed by atoms with E-state index < -0.39 is 0 Å². The van der Waals surface area contributed by atoms with Crippen molar-refractivity contribution in [2.45, 2.75) is 39.3 Å². The molecule has 0 aromatic heterocycles. The topological polar surface area (TPSA) is 21.6 Å². The molecule has 0 saturated heterocycles. The molecule has 0 radical (unpaired) electrons. The van der Waals surface area contributed by atoms with E-state index in [-0.39, 0.29) is 11.6 Å². The Bertz CT molecular complexity index is 161. The van der Waals surface area contributed by atoms with Gasteiger partial charge in [0.25, 0.3) is 0 Å². The normalized spacial score (nSPS) is 31.6. The summed E-state index contributed by atoms with van der Waals surface area (Å²) in [7, 11) is 0. The zero-order valence-corrected chi connectivity index (χ0v) is 7.14. The Labute approximate surface area is 62.3 Å². The summed E-state index contributed by atoms with van der Waals surface area (Å²) in [4.78, 5) is 4.49. The molecule has 1 unspecified atom stereocenters. The SMILES string of the molecule is CC1=NC(C)(C)C(C)OC1. The maximum atomic E-state index is 5.47. The third kappa shape index (κ3) is 1.37. The van der Waals surface area contributed by atoms with Crippen molar-refractivity contribution < 1.29 is 4.74 Å². The van der Waals surface area contributed by atoms with Crippen LogP contribution >= 0.6 is 0 Å². The average molecular weight is 141 g/mol. The molecular formula is C8H15NO. The van der Waals surface area contributed by atoms with Gasteiger partial charge >= 0.3 is 0 Å². The minimum atomic E-state index is -0.0255. The van der Waals surface area contributed by atoms with Crippen molar-refractivity contribution in [2.24, 2.45) is 4.99 Å². The van der Waals surface area contributed by atoms with Gasteiger partial charge in [-0.3, -0.25) is 4.99 Å². The van der Waals surface area contributed by atoms with Crippen molar-refractivity contribution in [1.82, 2.24) is 0 Å². The first kappa shape index (κ1) is 7.73. The Kier molecular flexibility index (Phi) is 1.82. The van der Waals surface area contributed by atoms with Crippen molar-refractivity contribution in [3.63, 3.8) is 0 Å². The van der Waals surface area contributed by atoms with Gasteiger partial charge in [0.2, 0.25) is 0 Å². The first-order valence-corrected chi connectivity index (χ1v) is 3.69. The molecule has 0 N–H and O–H groups in total. The van der Waals surface area contributed by atoms with E-state index in [9.17, 15) is 0 Å². The molecule has 0 amide bonds. The summed E-state index contributed by atoms with van der Waals surface area (Å²) in [6.45, 7) is 8.97. The second-order valence-corrected chi connectivity index (χ2v) is 3.45. The van der Waals surface area contributed by atoms with Crippen LogP contribution in [0.15, 0.2) is 4.99 Å². The largest absolute Gasteiger partial charge is 0.370 e. The van der Waals surface area contributed by atoms with Gasteiger partial charge in [-0.2, -0.15) is 0 Å². The molecule has 58 valence electrons. The van der Waals surface area contributed by atoms with E-state index in [0.717, 1.165) is 5.71 Å². The summed E-state index contributed by atoms with van der Waals surface area (Å²) in [5.41, 5.74) is 1.07. The van der Waals surface area contributed by atoms with Gasteiger partial charge in [0.05, 0.1) is 18.2 Å². The van der Waals surface area contributed by atoms with Crippen LogP contribution in [-0.2, 0) is 4.74 Å². The highest BCUT2D eigenvalue weighted by atomic mass is 16.5. The van der Waals surface area contributed by atoms with Crippen LogP contribution in [-0.4, -0.2) is 24.0 Å². The van der Waals surface area contributed by atoms with Crippen LogP contribution in [0.25, 0.3) is 0 Å². The van der Waals surface area contributed by atoms with Gasteiger partial charge in [-0.25, -0.2) is 0 Å². The van der Waals surface area contributed by atoms with E-state index in [2.05, 4.69) is 25.8 Å². The Morgan fingerprint density at radius 2 is 2.20 bits per heavy atom. The van der Waals surface area contributed by atoms with Crippen LogP contribution in [0.4, 0.5) is 0 Å². The molecule has 0 bridgehead atoms. The summed E-state index contributed by atoms with van der Waals surface area (Å²) in [6, 6.07) is 0. The number of aliphatic imine (C=N–C) groups is 1. The fraction of sp³-hybridized carbons (Fsp3) is 0.875. The summed E-state index contributed by atoms with van der Waals surface area (Å²) in [5, 5.41) is 0. The smallest absolute Gasteiger partial charge is 0.0846 e. The predicted octanol–water partition coefficient (Wildman–Crippen LogP) is 1.64. The lowest BCUT2D eigenvalue weighted by atomic mass is 9.98. The fourth-order valence-electron chi connectivity index (χ4n) is 1.06. The highest BCUT2D eigenvalue weighted by molar-refractivity contribution is 5.84. The minimum absolute atomic E-state index is 0.0255. The third-order valence-corrected chi connectivity index (χ3v) is 2.02. The van der Waals surface area contributed by atoms with Crippen LogP contribution < -0.4 is 0 Å². The van der Waals surface area contributed by atoms with Gasteiger partial charge in [0.15, 0.2) is 0 Å². The molecule has 1 atom stereocenters. The molecule has 2 heteroatoms.